The van der Waals surface area contributed by atoms with Gasteiger partial charge in [0.15, 0.2) is 0 Å². The van der Waals surface area contributed by atoms with Crippen molar-refractivity contribution in [2.24, 2.45) is 10.8 Å². The summed E-state index contributed by atoms with van der Waals surface area (Å²) in [6.07, 6.45) is 6.27. The zero-order valence-electron chi connectivity index (χ0n) is 12.8. The van der Waals surface area contributed by atoms with Crippen molar-refractivity contribution < 1.29 is 5.11 Å². The third-order valence-corrected chi connectivity index (χ3v) is 3.94. The summed E-state index contributed by atoms with van der Waals surface area (Å²) in [5.41, 5.74) is 1.22. The van der Waals surface area contributed by atoms with E-state index in [9.17, 15) is 5.11 Å². The molecule has 0 aromatic rings. The van der Waals surface area contributed by atoms with Gasteiger partial charge in [-0.15, -0.1) is 0 Å². The number of allylic oxidation sites excluding steroid dienone is 3. The van der Waals surface area contributed by atoms with E-state index < -0.39 is 0 Å². The first-order chi connectivity index (χ1) is 8.19. The number of aliphatic hydroxyl groups excluding tert-OH is 1. The first kappa shape index (κ1) is 15.5. The van der Waals surface area contributed by atoms with Crippen LogP contribution in [0.15, 0.2) is 23.8 Å². The van der Waals surface area contributed by atoms with E-state index in [4.69, 9.17) is 0 Å². The Kier molecular flexibility index (Phi) is 4.79. The molecule has 2 nitrogen and oxygen atoms in total. The fourth-order valence-corrected chi connectivity index (χ4v) is 3.05. The lowest BCUT2D eigenvalue weighted by atomic mass is 9.68. The molecule has 0 aromatic heterocycles. The number of aliphatic hydroxyl groups is 1. The summed E-state index contributed by atoms with van der Waals surface area (Å²) in [4.78, 5) is 2.44. The van der Waals surface area contributed by atoms with Gasteiger partial charge in [-0.25, -0.2) is 0 Å². The van der Waals surface area contributed by atoms with Crippen LogP contribution < -0.4 is 0 Å². The van der Waals surface area contributed by atoms with Crippen molar-refractivity contribution in [3.63, 3.8) is 0 Å². The summed E-state index contributed by atoms with van der Waals surface area (Å²) in [5.74, 6) is 0. The summed E-state index contributed by atoms with van der Waals surface area (Å²) in [6.45, 7) is 15.7. The van der Waals surface area contributed by atoms with Crippen molar-refractivity contribution in [2.45, 2.75) is 47.6 Å². The third kappa shape index (κ3) is 3.69. The molecule has 0 aromatic carbocycles. The zero-order valence-corrected chi connectivity index (χ0v) is 12.8. The highest BCUT2D eigenvalue weighted by Crippen LogP contribution is 2.39. The second kappa shape index (κ2) is 5.58. The first-order valence-corrected chi connectivity index (χ1v) is 6.89. The van der Waals surface area contributed by atoms with Crippen LogP contribution in [0.25, 0.3) is 0 Å². The van der Waals surface area contributed by atoms with Crippen molar-refractivity contribution in [1.29, 1.82) is 0 Å². The zero-order chi connectivity index (χ0) is 14.0. The lowest BCUT2D eigenvalue weighted by Crippen LogP contribution is -2.58. The van der Waals surface area contributed by atoms with Gasteiger partial charge in [0, 0.05) is 30.5 Å². The molecule has 1 heterocycles. The number of piperidine rings is 1. The van der Waals surface area contributed by atoms with Crippen molar-refractivity contribution in [2.75, 3.05) is 19.6 Å². The van der Waals surface area contributed by atoms with Gasteiger partial charge in [0.1, 0.15) is 0 Å². The molecule has 0 amide bonds. The lowest BCUT2D eigenvalue weighted by Gasteiger charge is -2.50. The Morgan fingerprint density at radius 3 is 2.17 bits per heavy atom. The highest BCUT2D eigenvalue weighted by Gasteiger charge is 2.45. The summed E-state index contributed by atoms with van der Waals surface area (Å²) in [7, 11) is 0. The van der Waals surface area contributed by atoms with E-state index in [0.29, 0.717) is 0 Å². The first-order valence-electron chi connectivity index (χ1n) is 6.89. The molecule has 18 heavy (non-hydrogen) atoms. The van der Waals surface area contributed by atoms with Gasteiger partial charge in [-0.3, -0.25) is 4.90 Å². The summed E-state index contributed by atoms with van der Waals surface area (Å²) >= 11 is 0. The van der Waals surface area contributed by atoms with Crippen LogP contribution in [0, 0.1) is 10.8 Å². The van der Waals surface area contributed by atoms with Crippen LogP contribution >= 0.6 is 0 Å². The summed E-state index contributed by atoms with van der Waals surface area (Å²) in [5, 5.41) is 10.4. The molecule has 0 aliphatic carbocycles. The molecule has 2 heteroatoms. The molecule has 104 valence electrons. The quantitative estimate of drug-likeness (QED) is 0.778. The second-order valence-electron chi connectivity index (χ2n) is 6.98. The maximum atomic E-state index is 10.4. The van der Waals surface area contributed by atoms with E-state index in [2.05, 4.69) is 64.7 Å². The van der Waals surface area contributed by atoms with E-state index in [1.54, 1.807) is 0 Å². The van der Waals surface area contributed by atoms with E-state index in [1.807, 2.05) is 0 Å². The van der Waals surface area contributed by atoms with Gasteiger partial charge in [0.05, 0.1) is 6.10 Å². The van der Waals surface area contributed by atoms with Crippen LogP contribution in [0.3, 0.4) is 0 Å². The summed E-state index contributed by atoms with van der Waals surface area (Å²) < 4.78 is 0. The highest BCUT2D eigenvalue weighted by molar-refractivity contribution is 5.15. The van der Waals surface area contributed by atoms with Gasteiger partial charge in [-0.05, 0) is 13.8 Å². The molecular weight excluding hydrogens is 222 g/mol. The minimum absolute atomic E-state index is 0.0365. The molecule has 1 saturated heterocycles. The van der Waals surface area contributed by atoms with Crippen LogP contribution in [-0.4, -0.2) is 35.7 Å². The maximum Gasteiger partial charge on any atom is 0.0666 e. The van der Waals surface area contributed by atoms with E-state index in [1.165, 1.54) is 5.57 Å². The van der Waals surface area contributed by atoms with Crippen molar-refractivity contribution >= 4 is 0 Å². The predicted molar refractivity (Wildman–Crippen MR) is 78.6 cm³/mol. The minimum Gasteiger partial charge on any atom is -0.392 e. The van der Waals surface area contributed by atoms with Crippen LogP contribution in [0.2, 0.25) is 0 Å². The number of likely N-dealkylation sites (tertiary alicyclic amines) is 1. The standard InChI is InChI=1S/C16H29NO/c1-7-13(2)9-8-10-17-11-15(3,4)14(18)16(5,6)12-17/h7-9,14,18H,10-12H2,1-6H3/b9-8-,13-7-. The molecule has 1 rings (SSSR count). The van der Waals surface area contributed by atoms with Gasteiger partial charge in [-0.2, -0.15) is 0 Å². The predicted octanol–water partition coefficient (Wildman–Crippen LogP) is 3.24. The third-order valence-electron chi connectivity index (χ3n) is 3.94. The maximum absolute atomic E-state index is 10.4. The van der Waals surface area contributed by atoms with E-state index in [0.717, 1.165) is 19.6 Å². The molecule has 1 aliphatic rings. The van der Waals surface area contributed by atoms with E-state index in [-0.39, 0.29) is 16.9 Å². The van der Waals surface area contributed by atoms with Gasteiger partial charge < -0.3 is 5.11 Å². The van der Waals surface area contributed by atoms with Crippen molar-refractivity contribution in [3.05, 3.63) is 23.8 Å². The molecule has 1 fully saturated rings. The van der Waals surface area contributed by atoms with Gasteiger partial charge in [0.25, 0.3) is 0 Å². The molecule has 0 atom stereocenters. The normalized spacial score (nSPS) is 25.8. The SMILES string of the molecule is C/C=C(C)\C=C/CN1CC(C)(C)C(O)C(C)(C)C1. The Balaban J connectivity index is 2.67. The van der Waals surface area contributed by atoms with Crippen LogP contribution in [0.5, 0.6) is 0 Å². The Labute approximate surface area is 112 Å². The monoisotopic (exact) mass is 251 g/mol. The Hall–Kier alpha value is -0.600. The Bertz CT molecular complexity index is 321. The van der Waals surface area contributed by atoms with Crippen LogP contribution in [-0.2, 0) is 0 Å². The molecule has 0 bridgehead atoms. The highest BCUT2D eigenvalue weighted by atomic mass is 16.3. The fourth-order valence-electron chi connectivity index (χ4n) is 3.05. The summed E-state index contributed by atoms with van der Waals surface area (Å²) in [6, 6.07) is 0. The second-order valence-corrected chi connectivity index (χ2v) is 6.98. The Morgan fingerprint density at radius 1 is 1.22 bits per heavy atom. The van der Waals surface area contributed by atoms with Gasteiger partial charge in [0.2, 0.25) is 0 Å². The minimum atomic E-state index is -0.234. The largest absolute Gasteiger partial charge is 0.392 e. The van der Waals surface area contributed by atoms with Crippen molar-refractivity contribution in [3.8, 4) is 0 Å². The smallest absolute Gasteiger partial charge is 0.0666 e. The number of nitrogens with zero attached hydrogens (tertiary/aromatic N) is 1. The Morgan fingerprint density at radius 2 is 1.72 bits per heavy atom. The number of hydrogen-bond acceptors (Lipinski definition) is 2. The van der Waals surface area contributed by atoms with Gasteiger partial charge >= 0.3 is 0 Å². The molecule has 0 saturated carbocycles. The molecule has 0 unspecified atom stereocenters. The van der Waals surface area contributed by atoms with E-state index >= 15 is 0 Å². The van der Waals surface area contributed by atoms with Crippen molar-refractivity contribution in [1.82, 2.24) is 4.90 Å². The molecular formula is C16H29NO. The lowest BCUT2D eigenvalue weighted by molar-refractivity contribution is -0.104. The van der Waals surface area contributed by atoms with Crippen LogP contribution in [0.1, 0.15) is 41.5 Å². The number of rotatable bonds is 3. The number of hydrogen-bond donors (Lipinski definition) is 1. The molecule has 1 N–H and O–H groups in total. The molecule has 1 aliphatic heterocycles. The fraction of sp³-hybridized carbons (Fsp3) is 0.750. The molecule has 0 radical (unpaired) electrons. The topological polar surface area (TPSA) is 23.5 Å². The average molecular weight is 251 g/mol. The average Bonchev–Trinajstić information content (AvgIpc) is 2.25. The molecule has 0 spiro atoms. The van der Waals surface area contributed by atoms with Gasteiger partial charge in [-0.1, -0.05) is 51.5 Å². The van der Waals surface area contributed by atoms with Crippen LogP contribution in [0.4, 0.5) is 0 Å².